The second kappa shape index (κ2) is 8.96. The first-order valence-electron chi connectivity index (χ1n) is 7.48. The van der Waals surface area contributed by atoms with Crippen LogP contribution < -0.4 is 5.32 Å². The molecular weight excluding hydrogens is 334 g/mol. The van der Waals surface area contributed by atoms with Gasteiger partial charge in [0.2, 0.25) is 0 Å². The molecule has 1 aliphatic heterocycles. The van der Waals surface area contributed by atoms with Crippen molar-refractivity contribution in [1.29, 1.82) is 0 Å². The van der Waals surface area contributed by atoms with E-state index in [1.807, 2.05) is 0 Å². The van der Waals surface area contributed by atoms with Crippen LogP contribution in [0, 0.1) is 0 Å². The first-order chi connectivity index (χ1) is 11.5. The van der Waals surface area contributed by atoms with Gasteiger partial charge < -0.3 is 56.0 Å². The fourth-order valence-corrected chi connectivity index (χ4v) is 1.99. The normalized spacial score (nSPS) is 39.5. The smallest absolute Gasteiger partial charge is 0.253 e. The summed E-state index contributed by atoms with van der Waals surface area (Å²) in [5.74, 6) is -1.54. The molecule has 0 aliphatic carbocycles. The number of carbonyl (C=O) groups excluding carboxylic acids is 1. The third-order valence-corrected chi connectivity index (χ3v) is 3.55. The highest BCUT2D eigenvalue weighted by Crippen LogP contribution is 2.20. The Kier molecular flexibility index (Phi) is 7.24. The summed E-state index contributed by atoms with van der Waals surface area (Å²) in [6.07, 6.45) is -18.9. The van der Waals surface area contributed by atoms with Crippen molar-refractivity contribution in [3.63, 3.8) is 0 Å². The Morgan fingerprint density at radius 1 is 1.04 bits per heavy atom. The molecule has 9 atom stereocenters. The van der Waals surface area contributed by atoms with Crippen molar-refractivity contribution >= 4 is 5.91 Å². The van der Waals surface area contributed by atoms with E-state index in [0.717, 1.165) is 0 Å². The quantitative estimate of drug-likeness (QED) is 0.206. The van der Waals surface area contributed by atoms with Gasteiger partial charge in [0.15, 0.2) is 12.3 Å². The predicted molar refractivity (Wildman–Crippen MR) is 73.0 cm³/mol. The van der Waals surface area contributed by atoms with E-state index < -0.39 is 74.2 Å². The van der Waals surface area contributed by atoms with Crippen LogP contribution in [-0.2, 0) is 9.53 Å². The fraction of sp³-hybridized carbons (Fsp3) is 0.917. The molecule has 0 saturated carbocycles. The number of aliphatic hydroxyl groups excluding tert-OH is 9. The molecule has 1 amide bonds. The first-order valence-corrected chi connectivity index (χ1v) is 6.98. The van der Waals surface area contributed by atoms with E-state index in [0.29, 0.717) is 0 Å². The van der Waals surface area contributed by atoms with Crippen LogP contribution >= 0.6 is 0 Å². The van der Waals surface area contributed by atoms with Crippen LogP contribution in [0.4, 0.5) is 0 Å². The van der Waals surface area contributed by atoms with Crippen LogP contribution in [0.5, 0.6) is 0 Å². The summed E-state index contributed by atoms with van der Waals surface area (Å²) < 4.78 is 12.7. The molecule has 12 nitrogen and oxygen atoms in total. The summed E-state index contributed by atoms with van der Waals surface area (Å²) in [7, 11) is 0. The molecule has 1 fully saturated rings. The SMILES string of the molecule is [2H]C1(NC(=O)[C@H](O)[C@@H](O)[C@H](O)[C@H](O)CO)O[C@H](CO)[C@H](O)[C@H](O)[C@H]1O. The van der Waals surface area contributed by atoms with Crippen molar-refractivity contribution in [2.24, 2.45) is 0 Å². The lowest BCUT2D eigenvalue weighted by Gasteiger charge is -2.40. The monoisotopic (exact) mass is 358 g/mol. The first kappa shape index (κ1) is 19.4. The zero-order chi connectivity index (χ0) is 19.5. The molecule has 0 bridgehead atoms. The van der Waals surface area contributed by atoms with Crippen molar-refractivity contribution in [3.05, 3.63) is 0 Å². The summed E-state index contributed by atoms with van der Waals surface area (Å²) in [5.41, 5.74) is 0. The number of carbonyl (C=O) groups is 1. The van der Waals surface area contributed by atoms with Crippen molar-refractivity contribution in [3.8, 4) is 0 Å². The average Bonchev–Trinajstić information content (AvgIpc) is 2.60. The van der Waals surface area contributed by atoms with Crippen molar-refractivity contribution in [2.45, 2.75) is 55.0 Å². The molecule has 0 aromatic rings. The van der Waals surface area contributed by atoms with Gasteiger partial charge in [0.25, 0.3) is 5.91 Å². The summed E-state index contributed by atoms with van der Waals surface area (Å²) in [5, 5.41) is 86.3. The molecule has 142 valence electrons. The van der Waals surface area contributed by atoms with Crippen molar-refractivity contribution < 1.29 is 56.9 Å². The summed E-state index contributed by atoms with van der Waals surface area (Å²) >= 11 is 0. The van der Waals surface area contributed by atoms with Gasteiger partial charge in [-0.1, -0.05) is 0 Å². The zero-order valence-electron chi connectivity index (χ0n) is 13.4. The molecule has 0 aromatic carbocycles. The van der Waals surface area contributed by atoms with E-state index in [-0.39, 0.29) is 0 Å². The average molecular weight is 358 g/mol. The van der Waals surface area contributed by atoms with Crippen LogP contribution in [0.1, 0.15) is 1.37 Å². The minimum Gasteiger partial charge on any atom is -0.394 e. The Hall–Kier alpha value is -0.930. The number of hydrogen-bond acceptors (Lipinski definition) is 11. The Labute approximate surface area is 137 Å². The van der Waals surface area contributed by atoms with Crippen LogP contribution in [-0.4, -0.2) is 120 Å². The molecule has 0 spiro atoms. The molecule has 24 heavy (non-hydrogen) atoms. The lowest BCUT2D eigenvalue weighted by Crippen LogP contribution is -2.64. The number of nitrogens with one attached hydrogen (secondary N) is 1. The maximum Gasteiger partial charge on any atom is 0.253 e. The number of amides is 1. The third kappa shape index (κ3) is 4.58. The van der Waals surface area contributed by atoms with Crippen molar-refractivity contribution in [2.75, 3.05) is 13.2 Å². The predicted octanol–water partition coefficient (Wildman–Crippen LogP) is -6.66. The van der Waals surface area contributed by atoms with Gasteiger partial charge in [-0.3, -0.25) is 4.79 Å². The Balaban J connectivity index is 2.86. The van der Waals surface area contributed by atoms with E-state index in [9.17, 15) is 40.5 Å². The van der Waals surface area contributed by atoms with Gasteiger partial charge in [-0.05, 0) is 0 Å². The van der Waals surface area contributed by atoms with E-state index in [1.54, 1.807) is 5.32 Å². The molecular formula is C12H23NO11. The molecule has 1 heterocycles. The van der Waals surface area contributed by atoms with E-state index in [1.165, 1.54) is 0 Å². The highest BCUT2D eigenvalue weighted by molar-refractivity contribution is 5.81. The number of hydrogen-bond donors (Lipinski definition) is 10. The fourth-order valence-electron chi connectivity index (χ4n) is 1.99. The Morgan fingerprint density at radius 2 is 1.62 bits per heavy atom. The molecule has 1 aliphatic rings. The van der Waals surface area contributed by atoms with Gasteiger partial charge in [0.05, 0.1) is 14.6 Å². The van der Waals surface area contributed by atoms with Crippen LogP contribution in [0.2, 0.25) is 0 Å². The van der Waals surface area contributed by atoms with Gasteiger partial charge in [-0.2, -0.15) is 0 Å². The molecule has 10 N–H and O–H groups in total. The maximum atomic E-state index is 11.9. The second-order valence-corrected chi connectivity index (χ2v) is 5.29. The topological polar surface area (TPSA) is 220 Å². The van der Waals surface area contributed by atoms with Gasteiger partial charge in [0.1, 0.15) is 42.7 Å². The minimum absolute atomic E-state index is 0.867. The molecule has 0 aromatic heterocycles. The van der Waals surface area contributed by atoms with E-state index in [2.05, 4.69) is 0 Å². The number of aliphatic hydroxyl groups is 9. The number of rotatable bonds is 7. The summed E-state index contributed by atoms with van der Waals surface area (Å²) in [6.45, 7) is -1.84. The van der Waals surface area contributed by atoms with Gasteiger partial charge in [-0.15, -0.1) is 0 Å². The number of ether oxygens (including phenoxy) is 1. The maximum absolute atomic E-state index is 11.9. The Bertz CT molecular complexity index is 455. The highest BCUT2D eigenvalue weighted by Gasteiger charge is 2.45. The van der Waals surface area contributed by atoms with Crippen LogP contribution in [0.15, 0.2) is 0 Å². The molecule has 12 heteroatoms. The van der Waals surface area contributed by atoms with Crippen LogP contribution in [0.3, 0.4) is 0 Å². The van der Waals surface area contributed by atoms with E-state index >= 15 is 0 Å². The van der Waals surface area contributed by atoms with Gasteiger partial charge in [-0.25, -0.2) is 0 Å². The van der Waals surface area contributed by atoms with Crippen molar-refractivity contribution in [1.82, 2.24) is 5.32 Å². The standard InChI is InChI=1S/C12H23NO11/c14-1-3(16)5(17)7(19)9(21)11(23)13-12-10(22)8(20)6(18)4(2-15)24-12/h3-10,12,14-22H,1-2H2,(H,13,23)/t3-,4-,5-,6+,7+,8+,9-,10-,12?/m1/s1/i12D. The molecule has 1 saturated heterocycles. The lowest BCUT2D eigenvalue weighted by atomic mass is 9.98. The molecule has 0 radical (unpaired) electrons. The molecule has 1 unspecified atom stereocenters. The van der Waals surface area contributed by atoms with Gasteiger partial charge in [0, 0.05) is 0 Å². The Morgan fingerprint density at radius 3 is 2.12 bits per heavy atom. The zero-order valence-corrected chi connectivity index (χ0v) is 12.4. The second-order valence-electron chi connectivity index (χ2n) is 5.29. The summed E-state index contributed by atoms with van der Waals surface area (Å²) in [6, 6.07) is 0. The van der Waals surface area contributed by atoms with Crippen LogP contribution in [0.25, 0.3) is 0 Å². The summed E-state index contributed by atoms with van der Waals surface area (Å²) in [4.78, 5) is 11.9. The third-order valence-electron chi connectivity index (χ3n) is 3.55. The lowest BCUT2D eigenvalue weighted by molar-refractivity contribution is -0.237. The molecule has 1 rings (SSSR count). The highest BCUT2D eigenvalue weighted by atomic mass is 16.6. The van der Waals surface area contributed by atoms with Gasteiger partial charge >= 0.3 is 0 Å². The largest absolute Gasteiger partial charge is 0.394 e. The minimum atomic E-state index is -2.80. The van der Waals surface area contributed by atoms with E-state index in [4.69, 9.17) is 16.3 Å².